The number of carbonyl (C=O) groups excluding carboxylic acids is 1. The monoisotopic (exact) mass is 453 g/mol. The van der Waals surface area contributed by atoms with Crippen molar-refractivity contribution in [3.8, 4) is 17.0 Å². The van der Waals surface area contributed by atoms with Gasteiger partial charge in [0.15, 0.2) is 5.16 Å². The van der Waals surface area contributed by atoms with Crippen LogP contribution in [-0.4, -0.2) is 38.0 Å². The number of hydrogen-bond donors (Lipinski definition) is 1. The van der Waals surface area contributed by atoms with Crippen LogP contribution in [-0.2, 0) is 11.3 Å². The average molecular weight is 454 g/mol. The third kappa shape index (κ3) is 5.67. The molecular weight excluding hydrogens is 436 g/mol. The van der Waals surface area contributed by atoms with Crippen molar-refractivity contribution in [3.05, 3.63) is 47.4 Å². The van der Waals surface area contributed by atoms with Crippen molar-refractivity contribution in [3.63, 3.8) is 0 Å². The molecule has 0 saturated heterocycles. The Kier molecular flexibility index (Phi) is 7.22. The molecule has 0 saturated carbocycles. The second-order valence-corrected chi connectivity index (χ2v) is 7.42. The number of ether oxygens (including phenoxy) is 1. The number of benzene rings is 1. The van der Waals surface area contributed by atoms with Crippen molar-refractivity contribution in [2.45, 2.75) is 32.2 Å². The maximum atomic E-state index is 12.3. The Morgan fingerprint density at radius 1 is 1.37 bits per heavy atom. The van der Waals surface area contributed by atoms with Gasteiger partial charge in [0.2, 0.25) is 5.91 Å². The number of anilines is 1. The normalized spacial score (nSPS) is 11.0. The average Bonchev–Trinajstić information content (AvgIpc) is 3.09. The van der Waals surface area contributed by atoms with E-state index in [1.165, 1.54) is 30.0 Å². The molecule has 0 bridgehead atoms. The molecule has 30 heavy (non-hydrogen) atoms. The largest absolute Gasteiger partial charge is 0.433 e. The fourth-order valence-corrected chi connectivity index (χ4v) is 3.44. The van der Waals surface area contributed by atoms with Gasteiger partial charge in [0.1, 0.15) is 5.75 Å². The van der Waals surface area contributed by atoms with Crippen LogP contribution in [0.15, 0.2) is 41.8 Å². The molecule has 0 aliphatic heterocycles. The van der Waals surface area contributed by atoms with Crippen molar-refractivity contribution in [1.82, 2.24) is 19.7 Å². The zero-order valence-corrected chi connectivity index (χ0v) is 17.7. The second kappa shape index (κ2) is 9.86. The number of halogens is 3. The van der Waals surface area contributed by atoms with Crippen LogP contribution in [0.4, 0.5) is 14.5 Å². The predicted molar refractivity (Wildman–Crippen MR) is 111 cm³/mol. The van der Waals surface area contributed by atoms with E-state index in [1.807, 2.05) is 24.7 Å². The Bertz CT molecular complexity index is 1050. The minimum atomic E-state index is -2.98. The Labute approximate surface area is 180 Å². The molecule has 0 unspecified atom stereocenters. The van der Waals surface area contributed by atoms with E-state index in [9.17, 15) is 13.6 Å². The van der Waals surface area contributed by atoms with Crippen molar-refractivity contribution >= 4 is 35.0 Å². The molecule has 3 rings (SSSR count). The first-order chi connectivity index (χ1) is 14.4. The lowest BCUT2D eigenvalue weighted by molar-refractivity contribution is -0.113. The first kappa shape index (κ1) is 22.0. The quantitative estimate of drug-likeness (QED) is 0.395. The summed E-state index contributed by atoms with van der Waals surface area (Å²) in [6, 6.07) is 5.83. The van der Waals surface area contributed by atoms with Crippen molar-refractivity contribution in [2.24, 2.45) is 0 Å². The first-order valence-electron chi connectivity index (χ1n) is 8.90. The number of carbonyl (C=O) groups is 1. The number of rotatable bonds is 8. The van der Waals surface area contributed by atoms with Gasteiger partial charge in [-0.3, -0.25) is 9.48 Å². The number of nitrogens with zero attached hydrogens (tertiary/aromatic N) is 4. The van der Waals surface area contributed by atoms with E-state index in [0.717, 1.165) is 23.5 Å². The van der Waals surface area contributed by atoms with Crippen LogP contribution in [0.5, 0.6) is 5.75 Å². The number of hydrogen-bond acceptors (Lipinski definition) is 6. The Balaban J connectivity index is 1.61. The minimum absolute atomic E-state index is 0.0280. The highest BCUT2D eigenvalue weighted by Gasteiger charge is 2.13. The van der Waals surface area contributed by atoms with E-state index in [0.29, 0.717) is 10.8 Å². The third-order valence-electron chi connectivity index (χ3n) is 3.94. The predicted octanol–water partition coefficient (Wildman–Crippen LogP) is 4.65. The van der Waals surface area contributed by atoms with E-state index in [4.69, 9.17) is 11.6 Å². The van der Waals surface area contributed by atoms with E-state index in [1.54, 1.807) is 12.3 Å². The van der Waals surface area contributed by atoms with E-state index in [2.05, 4.69) is 25.1 Å². The molecule has 0 fully saturated rings. The van der Waals surface area contributed by atoms with E-state index < -0.39 is 6.61 Å². The van der Waals surface area contributed by atoms with Crippen LogP contribution in [0.25, 0.3) is 11.3 Å². The summed E-state index contributed by atoms with van der Waals surface area (Å²) in [4.78, 5) is 20.9. The smallest absolute Gasteiger partial charge is 0.387 e. The summed E-state index contributed by atoms with van der Waals surface area (Å²) in [6.07, 6.45) is 3.55. The number of nitrogens with one attached hydrogen (secondary N) is 1. The van der Waals surface area contributed by atoms with Crippen LogP contribution in [0.3, 0.4) is 0 Å². The van der Waals surface area contributed by atoms with Gasteiger partial charge in [-0.15, -0.1) is 0 Å². The molecule has 2 heterocycles. The van der Waals surface area contributed by atoms with Gasteiger partial charge in [-0.25, -0.2) is 9.97 Å². The highest BCUT2D eigenvalue weighted by Crippen LogP contribution is 2.29. The molecule has 0 atom stereocenters. The molecule has 0 radical (unpaired) electrons. The van der Waals surface area contributed by atoms with Gasteiger partial charge in [-0.2, -0.15) is 13.9 Å². The molecule has 2 aromatic heterocycles. The van der Waals surface area contributed by atoms with Crippen LogP contribution in [0.1, 0.15) is 12.6 Å². The topological polar surface area (TPSA) is 81.9 Å². The molecule has 0 spiro atoms. The lowest BCUT2D eigenvalue weighted by atomic mass is 10.2. The Hall–Kier alpha value is -2.72. The first-order valence-corrected chi connectivity index (χ1v) is 10.3. The van der Waals surface area contributed by atoms with Crippen molar-refractivity contribution in [2.75, 3.05) is 11.1 Å². The molecule has 1 N–H and O–H groups in total. The summed E-state index contributed by atoms with van der Waals surface area (Å²) in [5.74, 6) is -0.419. The Morgan fingerprint density at radius 2 is 2.17 bits per heavy atom. The number of thioether (sulfide) groups is 1. The van der Waals surface area contributed by atoms with Crippen LogP contribution < -0.4 is 10.1 Å². The van der Waals surface area contributed by atoms with Crippen molar-refractivity contribution in [1.29, 1.82) is 0 Å². The van der Waals surface area contributed by atoms with Crippen LogP contribution >= 0.6 is 23.4 Å². The SMILES string of the molecule is CCn1cc(-c2ccnc(SCC(=O)Nc3ccc(OC(F)F)c(Cl)c3)n2)c(C)n1. The summed E-state index contributed by atoms with van der Waals surface area (Å²) in [5.41, 5.74) is 2.86. The van der Waals surface area contributed by atoms with Gasteiger partial charge in [0.25, 0.3) is 0 Å². The van der Waals surface area contributed by atoms with Crippen LogP contribution in [0, 0.1) is 6.92 Å². The zero-order valence-electron chi connectivity index (χ0n) is 16.1. The fourth-order valence-electron chi connectivity index (χ4n) is 2.59. The van der Waals surface area contributed by atoms with Gasteiger partial charge in [-0.05, 0) is 38.1 Å². The Morgan fingerprint density at radius 3 is 2.83 bits per heavy atom. The third-order valence-corrected chi connectivity index (χ3v) is 5.10. The van der Waals surface area contributed by atoms with E-state index >= 15 is 0 Å². The lowest BCUT2D eigenvalue weighted by Gasteiger charge is -2.09. The summed E-state index contributed by atoms with van der Waals surface area (Å²) < 4.78 is 30.7. The highest BCUT2D eigenvalue weighted by molar-refractivity contribution is 7.99. The molecule has 1 amide bonds. The fraction of sp³-hybridized carbons (Fsp3) is 0.263. The van der Waals surface area contributed by atoms with Gasteiger partial charge in [0, 0.05) is 30.2 Å². The maximum absolute atomic E-state index is 12.3. The minimum Gasteiger partial charge on any atom is -0.433 e. The summed E-state index contributed by atoms with van der Waals surface area (Å²) in [5, 5.41) is 7.47. The molecule has 158 valence electrons. The number of aromatic nitrogens is 4. The molecular formula is C19H18ClF2N5O2S. The number of alkyl halides is 2. The molecule has 0 aliphatic carbocycles. The molecule has 1 aromatic carbocycles. The maximum Gasteiger partial charge on any atom is 0.387 e. The zero-order chi connectivity index (χ0) is 21.7. The van der Waals surface area contributed by atoms with Gasteiger partial charge in [-0.1, -0.05) is 23.4 Å². The van der Waals surface area contributed by atoms with Gasteiger partial charge in [0.05, 0.1) is 22.2 Å². The van der Waals surface area contributed by atoms with Gasteiger partial charge < -0.3 is 10.1 Å². The van der Waals surface area contributed by atoms with Crippen molar-refractivity contribution < 1.29 is 18.3 Å². The second-order valence-electron chi connectivity index (χ2n) is 6.07. The standard InChI is InChI=1S/C19H18ClF2N5O2S/c1-3-27-9-13(11(2)26-27)15-6-7-23-19(25-15)30-10-17(28)24-12-4-5-16(14(20)8-12)29-18(21)22/h4-9,18H,3,10H2,1-2H3,(H,24,28). The molecule has 7 nitrogen and oxygen atoms in total. The lowest BCUT2D eigenvalue weighted by Crippen LogP contribution is -2.14. The molecule has 11 heteroatoms. The van der Waals surface area contributed by atoms with Gasteiger partial charge >= 0.3 is 6.61 Å². The summed E-state index contributed by atoms with van der Waals surface area (Å²) in [6.45, 7) is 1.69. The summed E-state index contributed by atoms with van der Waals surface area (Å²) >= 11 is 7.06. The number of aryl methyl sites for hydroxylation is 2. The van der Waals surface area contributed by atoms with E-state index in [-0.39, 0.29) is 22.4 Å². The highest BCUT2D eigenvalue weighted by atomic mass is 35.5. The molecule has 0 aliphatic rings. The molecule has 3 aromatic rings. The summed E-state index contributed by atoms with van der Waals surface area (Å²) in [7, 11) is 0. The van der Waals surface area contributed by atoms with Crippen LogP contribution in [0.2, 0.25) is 5.02 Å². The number of amides is 1.